The third kappa shape index (κ3) is 3.61. The molecule has 0 amide bonds. The first-order chi connectivity index (χ1) is 9.23. The van der Waals surface area contributed by atoms with E-state index in [0.717, 1.165) is 29.7 Å². The van der Waals surface area contributed by atoms with Gasteiger partial charge in [-0.25, -0.2) is 13.1 Å². The molecule has 20 heavy (non-hydrogen) atoms. The van der Waals surface area contributed by atoms with Crippen molar-refractivity contribution < 1.29 is 8.42 Å². The first kappa shape index (κ1) is 15.9. The van der Waals surface area contributed by atoms with Gasteiger partial charge in [-0.1, -0.05) is 20.3 Å². The molecule has 0 aliphatic heterocycles. The van der Waals surface area contributed by atoms with Gasteiger partial charge in [0.2, 0.25) is 10.0 Å². The summed E-state index contributed by atoms with van der Waals surface area (Å²) in [5.41, 5.74) is 6.80. The molecule has 1 aliphatic carbocycles. The van der Waals surface area contributed by atoms with E-state index in [1.165, 1.54) is 17.8 Å². The van der Waals surface area contributed by atoms with E-state index >= 15 is 0 Å². The van der Waals surface area contributed by atoms with E-state index in [-0.39, 0.29) is 11.5 Å². The van der Waals surface area contributed by atoms with Gasteiger partial charge in [0.05, 0.1) is 0 Å². The van der Waals surface area contributed by atoms with Crippen molar-refractivity contribution in [3.05, 3.63) is 16.5 Å². The smallest absolute Gasteiger partial charge is 0.250 e. The third-order valence-electron chi connectivity index (χ3n) is 3.98. The monoisotopic (exact) mass is 316 g/mol. The van der Waals surface area contributed by atoms with Crippen LogP contribution in [0, 0.1) is 12.3 Å². The van der Waals surface area contributed by atoms with Gasteiger partial charge < -0.3 is 5.73 Å². The minimum Gasteiger partial charge on any atom is -0.326 e. The minimum atomic E-state index is -3.41. The number of nitrogens with two attached hydrogens (primary N) is 1. The molecule has 0 spiro atoms. The van der Waals surface area contributed by atoms with Crippen molar-refractivity contribution in [3.63, 3.8) is 0 Å². The molecule has 1 atom stereocenters. The van der Waals surface area contributed by atoms with Crippen molar-refractivity contribution in [2.24, 2.45) is 11.1 Å². The Morgan fingerprint density at radius 1 is 1.50 bits per heavy atom. The molecule has 1 fully saturated rings. The van der Waals surface area contributed by atoms with E-state index in [4.69, 9.17) is 5.73 Å². The zero-order valence-electron chi connectivity index (χ0n) is 12.4. The molecule has 1 heterocycles. The highest BCUT2D eigenvalue weighted by Gasteiger charge is 2.31. The van der Waals surface area contributed by atoms with Crippen LogP contribution in [-0.4, -0.2) is 14.5 Å². The summed E-state index contributed by atoms with van der Waals surface area (Å²) in [4.78, 5) is 0.939. The molecule has 0 saturated heterocycles. The van der Waals surface area contributed by atoms with E-state index in [2.05, 4.69) is 18.6 Å². The lowest BCUT2D eigenvalue weighted by molar-refractivity contribution is 0.212. The number of nitrogens with one attached hydrogen (secondary N) is 1. The minimum absolute atomic E-state index is 0.0486. The van der Waals surface area contributed by atoms with E-state index in [1.54, 1.807) is 6.07 Å². The second-order valence-electron chi connectivity index (χ2n) is 6.45. The molecule has 114 valence electrons. The van der Waals surface area contributed by atoms with Crippen molar-refractivity contribution in [2.45, 2.75) is 63.3 Å². The van der Waals surface area contributed by atoms with Gasteiger partial charge in [0, 0.05) is 17.5 Å². The van der Waals surface area contributed by atoms with Gasteiger partial charge in [-0.15, -0.1) is 11.3 Å². The van der Waals surface area contributed by atoms with Crippen LogP contribution in [-0.2, 0) is 16.6 Å². The zero-order valence-corrected chi connectivity index (χ0v) is 14.0. The summed E-state index contributed by atoms with van der Waals surface area (Å²) < 4.78 is 28.2. The van der Waals surface area contributed by atoms with Gasteiger partial charge in [0.15, 0.2) is 0 Å². The second kappa shape index (κ2) is 5.75. The first-order valence-corrected chi connectivity index (χ1v) is 9.35. The number of hydrogen-bond donors (Lipinski definition) is 2. The number of sulfonamides is 1. The molecule has 0 aromatic carbocycles. The van der Waals surface area contributed by atoms with Crippen molar-refractivity contribution in [3.8, 4) is 0 Å². The normalized spacial score (nSPS) is 22.9. The number of rotatable bonds is 4. The van der Waals surface area contributed by atoms with E-state index < -0.39 is 10.0 Å². The summed E-state index contributed by atoms with van der Waals surface area (Å²) in [6, 6.07) is 1.77. The number of aryl methyl sites for hydroxylation is 1. The Kier molecular flexibility index (Phi) is 4.59. The van der Waals surface area contributed by atoms with Crippen LogP contribution in [0.3, 0.4) is 0 Å². The molecular formula is C14H24N2O2S2. The Morgan fingerprint density at radius 2 is 2.20 bits per heavy atom. The average molecular weight is 316 g/mol. The Hall–Kier alpha value is -0.430. The van der Waals surface area contributed by atoms with E-state index in [0.29, 0.717) is 10.8 Å². The Labute approximate surface area is 125 Å². The van der Waals surface area contributed by atoms with Gasteiger partial charge >= 0.3 is 0 Å². The van der Waals surface area contributed by atoms with Crippen LogP contribution in [0.15, 0.2) is 10.3 Å². The molecule has 3 N–H and O–H groups in total. The van der Waals surface area contributed by atoms with Crippen molar-refractivity contribution in [1.82, 2.24) is 4.72 Å². The fourth-order valence-electron chi connectivity index (χ4n) is 2.90. The molecule has 1 saturated carbocycles. The predicted molar refractivity (Wildman–Crippen MR) is 83.3 cm³/mol. The molecule has 1 unspecified atom stereocenters. The number of thiophene rings is 1. The SMILES string of the molecule is Cc1cc(S(=O)(=O)NC2CCCC(C)(C)C2)sc1CN. The topological polar surface area (TPSA) is 72.2 Å². The summed E-state index contributed by atoms with van der Waals surface area (Å²) in [5.74, 6) is 0. The highest BCUT2D eigenvalue weighted by molar-refractivity contribution is 7.91. The van der Waals surface area contributed by atoms with Gasteiger partial charge in [-0.2, -0.15) is 0 Å². The largest absolute Gasteiger partial charge is 0.326 e. The van der Waals surface area contributed by atoms with E-state index in [9.17, 15) is 8.42 Å². The van der Waals surface area contributed by atoms with Crippen LogP contribution in [0.5, 0.6) is 0 Å². The lowest BCUT2D eigenvalue weighted by atomic mass is 9.75. The summed E-state index contributed by atoms with van der Waals surface area (Å²) in [7, 11) is -3.41. The fourth-order valence-corrected chi connectivity index (χ4v) is 5.65. The van der Waals surface area contributed by atoms with Crippen LogP contribution in [0.1, 0.15) is 50.0 Å². The first-order valence-electron chi connectivity index (χ1n) is 7.05. The lowest BCUT2D eigenvalue weighted by Gasteiger charge is -2.35. The zero-order chi connectivity index (χ0) is 15.0. The van der Waals surface area contributed by atoms with Gasteiger partial charge in [-0.3, -0.25) is 0 Å². The predicted octanol–water partition coefficient (Wildman–Crippen LogP) is 2.76. The van der Waals surface area contributed by atoms with Gasteiger partial charge in [0.25, 0.3) is 0 Å². The lowest BCUT2D eigenvalue weighted by Crippen LogP contribution is -2.40. The maximum absolute atomic E-state index is 12.5. The van der Waals surface area contributed by atoms with Crippen LogP contribution in [0.25, 0.3) is 0 Å². The molecule has 0 radical (unpaired) electrons. The highest BCUT2D eigenvalue weighted by atomic mass is 32.2. The molecule has 6 heteroatoms. The highest BCUT2D eigenvalue weighted by Crippen LogP contribution is 2.36. The van der Waals surface area contributed by atoms with Crippen LogP contribution in [0.2, 0.25) is 0 Å². The maximum atomic E-state index is 12.5. The molecule has 1 aromatic heterocycles. The van der Waals surface area contributed by atoms with Crippen LogP contribution in [0.4, 0.5) is 0 Å². The molecule has 0 bridgehead atoms. The molecule has 2 rings (SSSR count). The third-order valence-corrected chi connectivity index (χ3v) is 7.23. The molecular weight excluding hydrogens is 292 g/mol. The summed E-state index contributed by atoms with van der Waals surface area (Å²) in [6.45, 7) is 6.70. The molecule has 1 aliphatic rings. The standard InChI is InChI=1S/C14H24N2O2S2/c1-10-7-13(19-12(10)9-15)20(17,18)16-11-5-4-6-14(2,3)8-11/h7,11,16H,4-6,8-9,15H2,1-3H3. The van der Waals surface area contributed by atoms with Crippen LogP contribution >= 0.6 is 11.3 Å². The summed E-state index contributed by atoms with van der Waals surface area (Å²) in [6.07, 6.45) is 4.08. The van der Waals surface area contributed by atoms with Gasteiger partial charge in [-0.05, 0) is 43.2 Å². The average Bonchev–Trinajstić information content (AvgIpc) is 2.69. The van der Waals surface area contributed by atoms with E-state index in [1.807, 2.05) is 6.92 Å². The van der Waals surface area contributed by atoms with Crippen molar-refractivity contribution in [2.75, 3.05) is 0 Å². The van der Waals surface area contributed by atoms with Crippen molar-refractivity contribution in [1.29, 1.82) is 0 Å². The maximum Gasteiger partial charge on any atom is 0.250 e. The van der Waals surface area contributed by atoms with Gasteiger partial charge in [0.1, 0.15) is 4.21 Å². The van der Waals surface area contributed by atoms with Crippen LogP contribution < -0.4 is 10.5 Å². The molecule has 4 nitrogen and oxygen atoms in total. The number of hydrogen-bond acceptors (Lipinski definition) is 4. The summed E-state index contributed by atoms with van der Waals surface area (Å²) >= 11 is 1.28. The Balaban J connectivity index is 2.14. The fraction of sp³-hybridized carbons (Fsp3) is 0.714. The second-order valence-corrected chi connectivity index (χ2v) is 9.53. The summed E-state index contributed by atoms with van der Waals surface area (Å²) in [5, 5.41) is 0. The van der Waals surface area contributed by atoms with Crippen molar-refractivity contribution >= 4 is 21.4 Å². The Morgan fingerprint density at radius 3 is 2.75 bits per heavy atom. The molecule has 1 aromatic rings. The quantitative estimate of drug-likeness (QED) is 0.897. The Bertz CT molecular complexity index is 576.